The summed E-state index contributed by atoms with van der Waals surface area (Å²) in [5.74, 6) is -0.0970. The lowest BCUT2D eigenvalue weighted by molar-refractivity contribution is -0.123. The topological polar surface area (TPSA) is 125 Å². The second-order valence-corrected chi connectivity index (χ2v) is 8.88. The number of nitrogens with zero attached hydrogens (tertiary/aromatic N) is 2. The van der Waals surface area contributed by atoms with Gasteiger partial charge in [0.15, 0.2) is 0 Å². The smallest absolute Gasteiger partial charge is 0.312 e. The minimum Gasteiger partial charge on any atom is -0.352 e. The number of urea groups is 1. The molecule has 0 aromatic heterocycles. The third-order valence-electron chi connectivity index (χ3n) is 5.26. The molecule has 2 rings (SSSR count). The first kappa shape index (κ1) is 24.5. The van der Waals surface area contributed by atoms with Crippen LogP contribution in [0.5, 0.6) is 0 Å². The van der Waals surface area contributed by atoms with E-state index in [-0.39, 0.29) is 29.7 Å². The number of likely N-dealkylation sites (tertiary alicyclic amines) is 1. The number of rotatable bonds is 8. The number of nitrogens with two attached hydrogens (primary N) is 1. The minimum absolute atomic E-state index is 0.0133. The first-order valence-electron chi connectivity index (χ1n) is 10.1. The van der Waals surface area contributed by atoms with Crippen LogP contribution in [0.1, 0.15) is 34.1 Å². The van der Waals surface area contributed by atoms with Crippen molar-refractivity contribution < 1.29 is 19.2 Å². The van der Waals surface area contributed by atoms with Gasteiger partial charge >= 0.3 is 6.03 Å². The molecule has 1 aromatic rings. The maximum atomic E-state index is 13.2. The quantitative estimate of drug-likeness (QED) is 0.540. The van der Waals surface area contributed by atoms with Gasteiger partial charge in [0.05, 0.1) is 17.2 Å². The highest BCUT2D eigenvalue weighted by Gasteiger charge is 2.36. The summed E-state index contributed by atoms with van der Waals surface area (Å²) >= 11 is 1.57. The van der Waals surface area contributed by atoms with Gasteiger partial charge in [0.2, 0.25) is 5.91 Å². The number of hydrogen-bond donors (Lipinski definition) is 3. The summed E-state index contributed by atoms with van der Waals surface area (Å²) < 4.78 is 0. The Morgan fingerprint density at radius 1 is 1.19 bits per heavy atom. The molecule has 0 unspecified atom stereocenters. The first-order chi connectivity index (χ1) is 14.6. The number of nitrogens with one attached hydrogen (secondary N) is 2. The van der Waals surface area contributed by atoms with Crippen molar-refractivity contribution in [2.24, 2.45) is 11.7 Å². The van der Waals surface area contributed by atoms with Crippen LogP contribution in [0, 0.1) is 5.92 Å². The Morgan fingerprint density at radius 2 is 1.84 bits per heavy atom. The zero-order valence-electron chi connectivity index (χ0n) is 18.4. The van der Waals surface area contributed by atoms with Crippen molar-refractivity contribution in [1.82, 2.24) is 20.4 Å². The van der Waals surface area contributed by atoms with Crippen LogP contribution < -0.4 is 16.4 Å². The fraction of sp³-hybridized carbons (Fsp3) is 0.524. The number of hydrogen-bond acceptors (Lipinski definition) is 5. The van der Waals surface area contributed by atoms with Gasteiger partial charge < -0.3 is 26.2 Å². The van der Waals surface area contributed by atoms with Crippen LogP contribution >= 0.6 is 11.8 Å². The van der Waals surface area contributed by atoms with Gasteiger partial charge in [-0.15, -0.1) is 0 Å². The molecule has 1 saturated heterocycles. The lowest BCUT2D eigenvalue weighted by Gasteiger charge is -2.22. The van der Waals surface area contributed by atoms with Crippen LogP contribution in [0.3, 0.4) is 0 Å². The first-order valence-corrected chi connectivity index (χ1v) is 11.5. The highest BCUT2D eigenvalue weighted by molar-refractivity contribution is 7.98. The lowest BCUT2D eigenvalue weighted by Crippen LogP contribution is -2.52. The number of carbonyl (C=O) groups is 4. The van der Waals surface area contributed by atoms with E-state index in [9.17, 15) is 19.2 Å². The average molecular weight is 450 g/mol. The molecule has 0 radical (unpaired) electrons. The highest BCUT2D eigenvalue weighted by Crippen LogP contribution is 2.21. The molecular formula is C21H31N5O4S. The molecule has 0 bridgehead atoms. The zero-order chi connectivity index (χ0) is 23.1. The average Bonchev–Trinajstić information content (AvgIpc) is 3.09. The summed E-state index contributed by atoms with van der Waals surface area (Å²) in [6.45, 7) is 2.72. The Kier molecular flexibility index (Phi) is 8.73. The van der Waals surface area contributed by atoms with Crippen molar-refractivity contribution in [3.05, 3.63) is 35.4 Å². The summed E-state index contributed by atoms with van der Waals surface area (Å²) in [5.41, 5.74) is 5.89. The molecule has 9 nitrogen and oxygen atoms in total. The number of thioether (sulfide) groups is 1. The Hall–Kier alpha value is -2.75. The zero-order valence-corrected chi connectivity index (χ0v) is 19.2. The van der Waals surface area contributed by atoms with E-state index in [4.69, 9.17) is 5.73 Å². The van der Waals surface area contributed by atoms with Crippen LogP contribution in [0.15, 0.2) is 24.3 Å². The molecule has 1 fully saturated rings. The normalized spacial score (nSPS) is 18.9. The highest BCUT2D eigenvalue weighted by atomic mass is 32.2. The Balaban J connectivity index is 2.10. The van der Waals surface area contributed by atoms with Gasteiger partial charge in [-0.05, 0) is 36.5 Å². The van der Waals surface area contributed by atoms with Gasteiger partial charge in [-0.1, -0.05) is 19.1 Å². The third kappa shape index (κ3) is 6.36. The molecule has 4 N–H and O–H groups in total. The second kappa shape index (κ2) is 11.0. The van der Waals surface area contributed by atoms with E-state index in [2.05, 4.69) is 10.6 Å². The monoisotopic (exact) mass is 449 g/mol. The molecule has 1 aliphatic rings. The molecule has 1 heterocycles. The summed E-state index contributed by atoms with van der Waals surface area (Å²) in [5, 5.41) is 5.43. The van der Waals surface area contributed by atoms with Crippen molar-refractivity contribution in [2.45, 2.75) is 25.4 Å². The standard InChI is InChI=1S/C21H31N5O4S/c1-13-11-26(20(29)15-8-6-5-7-14(15)19(28)25(2)3)12-17(13)23-18(27)16(9-10-31-4)24-21(22)30/h5-8,13,16-17H,9-12H2,1-4H3,(H,23,27)(H3,22,24,30)/t13-,16-,17+/m0/s1. The van der Waals surface area contributed by atoms with Crippen molar-refractivity contribution in [3.63, 3.8) is 0 Å². The second-order valence-electron chi connectivity index (χ2n) is 7.89. The number of amides is 5. The van der Waals surface area contributed by atoms with Crippen LogP contribution in [-0.2, 0) is 4.79 Å². The molecular weight excluding hydrogens is 418 g/mol. The largest absolute Gasteiger partial charge is 0.352 e. The molecule has 0 aliphatic carbocycles. The van der Waals surface area contributed by atoms with Gasteiger partial charge in [-0.3, -0.25) is 14.4 Å². The van der Waals surface area contributed by atoms with Crippen molar-refractivity contribution in [3.8, 4) is 0 Å². The summed E-state index contributed by atoms with van der Waals surface area (Å²) in [4.78, 5) is 52.7. The molecule has 0 saturated carbocycles. The Bertz CT molecular complexity index is 832. The molecule has 1 aliphatic heterocycles. The maximum absolute atomic E-state index is 13.2. The van der Waals surface area contributed by atoms with E-state index in [0.29, 0.717) is 36.4 Å². The summed E-state index contributed by atoms with van der Waals surface area (Å²) in [6, 6.07) is 5.00. The minimum atomic E-state index is -0.750. The fourth-order valence-corrected chi connectivity index (χ4v) is 4.02. The van der Waals surface area contributed by atoms with E-state index in [1.165, 1.54) is 4.90 Å². The van der Waals surface area contributed by atoms with Gasteiger partial charge in [0.25, 0.3) is 11.8 Å². The van der Waals surface area contributed by atoms with Gasteiger partial charge in [-0.2, -0.15) is 11.8 Å². The van der Waals surface area contributed by atoms with Gasteiger partial charge in [-0.25, -0.2) is 4.79 Å². The van der Waals surface area contributed by atoms with Gasteiger partial charge in [0.1, 0.15) is 6.04 Å². The molecule has 5 amide bonds. The molecule has 3 atom stereocenters. The van der Waals surface area contributed by atoms with Crippen LogP contribution in [0.4, 0.5) is 4.79 Å². The summed E-state index contributed by atoms with van der Waals surface area (Å²) in [6.07, 6.45) is 2.38. The van der Waals surface area contributed by atoms with E-state index in [0.717, 1.165) is 0 Å². The van der Waals surface area contributed by atoms with Crippen molar-refractivity contribution in [1.29, 1.82) is 0 Å². The number of carbonyl (C=O) groups excluding carboxylic acids is 4. The fourth-order valence-electron chi connectivity index (χ4n) is 3.55. The number of benzene rings is 1. The Morgan fingerprint density at radius 3 is 2.42 bits per heavy atom. The van der Waals surface area contributed by atoms with E-state index in [1.54, 1.807) is 55.0 Å². The van der Waals surface area contributed by atoms with Crippen molar-refractivity contribution >= 4 is 35.5 Å². The summed E-state index contributed by atoms with van der Waals surface area (Å²) in [7, 11) is 3.28. The Labute approximate surface area is 187 Å². The van der Waals surface area contributed by atoms with Crippen molar-refractivity contribution in [2.75, 3.05) is 39.2 Å². The van der Waals surface area contributed by atoms with E-state index < -0.39 is 12.1 Å². The lowest BCUT2D eigenvalue weighted by atomic mass is 10.1. The van der Waals surface area contributed by atoms with E-state index >= 15 is 0 Å². The molecule has 1 aromatic carbocycles. The predicted molar refractivity (Wildman–Crippen MR) is 121 cm³/mol. The van der Waals surface area contributed by atoms with E-state index in [1.807, 2.05) is 13.2 Å². The third-order valence-corrected chi connectivity index (χ3v) is 5.91. The predicted octanol–water partition coefficient (Wildman–Crippen LogP) is 0.755. The maximum Gasteiger partial charge on any atom is 0.312 e. The SMILES string of the molecule is CSCC[C@H](NC(N)=O)C(=O)N[C@@H]1CN(C(=O)c2ccccc2C(=O)N(C)C)C[C@@H]1C. The van der Waals surface area contributed by atoms with Crippen LogP contribution in [-0.4, -0.2) is 84.8 Å². The van der Waals surface area contributed by atoms with Gasteiger partial charge in [0, 0.05) is 27.2 Å². The molecule has 170 valence electrons. The number of primary amides is 1. The van der Waals surface area contributed by atoms with Crippen LogP contribution in [0.25, 0.3) is 0 Å². The van der Waals surface area contributed by atoms with Crippen LogP contribution in [0.2, 0.25) is 0 Å². The molecule has 0 spiro atoms. The molecule has 10 heteroatoms. The molecule has 31 heavy (non-hydrogen) atoms.